The molecule has 2 aromatic rings. The summed E-state index contributed by atoms with van der Waals surface area (Å²) >= 11 is 3.39. The van der Waals surface area contributed by atoms with Crippen LogP contribution in [0.15, 0.2) is 64.3 Å². The first-order chi connectivity index (χ1) is 12.5. The van der Waals surface area contributed by atoms with Crippen molar-refractivity contribution in [2.45, 2.75) is 13.0 Å². The highest BCUT2D eigenvalue weighted by Crippen LogP contribution is 2.30. The largest absolute Gasteiger partial charge is 0.495 e. The van der Waals surface area contributed by atoms with Crippen LogP contribution in [0.4, 0.5) is 10.5 Å². The van der Waals surface area contributed by atoms with Gasteiger partial charge in [-0.05, 0) is 36.8 Å². The van der Waals surface area contributed by atoms with Gasteiger partial charge in [0, 0.05) is 10.2 Å². The van der Waals surface area contributed by atoms with Crippen molar-refractivity contribution in [3.05, 3.63) is 69.8 Å². The van der Waals surface area contributed by atoms with E-state index in [1.807, 2.05) is 36.4 Å². The van der Waals surface area contributed by atoms with Crippen LogP contribution >= 0.6 is 15.9 Å². The van der Waals surface area contributed by atoms with Gasteiger partial charge in [-0.3, -0.25) is 4.79 Å². The summed E-state index contributed by atoms with van der Waals surface area (Å²) in [6.07, 6.45) is 0. The lowest BCUT2D eigenvalue weighted by molar-refractivity contribution is -0.113. The molecule has 0 saturated carbocycles. The van der Waals surface area contributed by atoms with Gasteiger partial charge in [0.15, 0.2) is 0 Å². The first kappa shape index (κ1) is 18.0. The zero-order chi connectivity index (χ0) is 18.7. The minimum absolute atomic E-state index is 0.313. The molecule has 134 valence electrons. The molecule has 26 heavy (non-hydrogen) atoms. The van der Waals surface area contributed by atoms with Crippen LogP contribution in [0.25, 0.3) is 0 Å². The minimum atomic E-state index is -0.549. The van der Waals surface area contributed by atoms with Crippen molar-refractivity contribution in [1.82, 2.24) is 10.6 Å². The second-order valence-electron chi connectivity index (χ2n) is 5.78. The molecule has 7 heteroatoms. The van der Waals surface area contributed by atoms with Crippen LogP contribution in [0.5, 0.6) is 5.75 Å². The highest BCUT2D eigenvalue weighted by molar-refractivity contribution is 9.10. The quantitative estimate of drug-likeness (QED) is 0.711. The lowest BCUT2D eigenvalue weighted by atomic mass is 9.95. The van der Waals surface area contributed by atoms with Crippen molar-refractivity contribution in [2.24, 2.45) is 0 Å². The molecule has 0 bridgehead atoms. The smallest absolute Gasteiger partial charge is 0.319 e. The molecule has 0 fully saturated rings. The summed E-state index contributed by atoms with van der Waals surface area (Å²) in [5.41, 5.74) is 2.33. The summed E-state index contributed by atoms with van der Waals surface area (Å²) in [5, 5.41) is 8.34. The second-order valence-corrected chi connectivity index (χ2v) is 6.69. The van der Waals surface area contributed by atoms with Gasteiger partial charge in [0.25, 0.3) is 5.91 Å². The van der Waals surface area contributed by atoms with Crippen molar-refractivity contribution < 1.29 is 14.3 Å². The van der Waals surface area contributed by atoms with Crippen molar-refractivity contribution in [3.8, 4) is 5.75 Å². The Morgan fingerprint density at radius 2 is 1.85 bits per heavy atom. The van der Waals surface area contributed by atoms with Gasteiger partial charge in [0.2, 0.25) is 0 Å². The van der Waals surface area contributed by atoms with Crippen molar-refractivity contribution in [3.63, 3.8) is 0 Å². The van der Waals surface area contributed by atoms with E-state index < -0.39 is 6.04 Å². The molecule has 0 aromatic heterocycles. The number of allylic oxidation sites excluding steroid dienone is 1. The number of halogens is 1. The zero-order valence-corrected chi connectivity index (χ0v) is 15.9. The van der Waals surface area contributed by atoms with Crippen LogP contribution in [0, 0.1) is 0 Å². The molecule has 2 aromatic carbocycles. The summed E-state index contributed by atoms with van der Waals surface area (Å²) < 4.78 is 6.20. The van der Waals surface area contributed by atoms with E-state index in [2.05, 4.69) is 31.9 Å². The Kier molecular flexibility index (Phi) is 5.27. The summed E-state index contributed by atoms with van der Waals surface area (Å²) in [6, 6.07) is 13.7. The third kappa shape index (κ3) is 3.72. The van der Waals surface area contributed by atoms with Gasteiger partial charge >= 0.3 is 6.03 Å². The molecule has 6 nitrogen and oxygen atoms in total. The molecule has 0 saturated heterocycles. The lowest BCUT2D eigenvalue weighted by Gasteiger charge is -2.28. The molecule has 1 atom stereocenters. The molecule has 0 radical (unpaired) electrons. The fourth-order valence-electron chi connectivity index (χ4n) is 2.84. The summed E-state index contributed by atoms with van der Waals surface area (Å²) in [6.45, 7) is 1.71. The summed E-state index contributed by atoms with van der Waals surface area (Å²) in [5.74, 6) is 0.250. The standard InChI is InChI=1S/C19H18BrN3O3/c1-11-16(18(24)22-14-5-3-4-6-15(14)26-2)17(23-19(25)21-11)12-7-9-13(20)10-8-12/h3-10,17H,1-2H3,(H,22,24)(H2,21,23,25)/t17-/m0/s1. The van der Waals surface area contributed by atoms with E-state index in [1.54, 1.807) is 26.2 Å². The monoisotopic (exact) mass is 415 g/mol. The van der Waals surface area contributed by atoms with Crippen LogP contribution in [0.2, 0.25) is 0 Å². The number of hydrogen-bond donors (Lipinski definition) is 3. The van der Waals surface area contributed by atoms with E-state index >= 15 is 0 Å². The highest BCUT2D eigenvalue weighted by atomic mass is 79.9. The third-order valence-electron chi connectivity index (χ3n) is 4.07. The maximum Gasteiger partial charge on any atom is 0.319 e. The van der Waals surface area contributed by atoms with E-state index in [-0.39, 0.29) is 11.9 Å². The Labute approximate surface area is 159 Å². The van der Waals surface area contributed by atoms with E-state index in [1.165, 1.54) is 0 Å². The van der Waals surface area contributed by atoms with Gasteiger partial charge in [-0.15, -0.1) is 0 Å². The minimum Gasteiger partial charge on any atom is -0.495 e. The Hall–Kier alpha value is -2.80. The van der Waals surface area contributed by atoms with E-state index in [0.29, 0.717) is 22.7 Å². The molecule has 1 aliphatic heterocycles. The molecule has 0 spiro atoms. The van der Waals surface area contributed by atoms with Crippen LogP contribution in [0.1, 0.15) is 18.5 Å². The Bertz CT molecular complexity index is 878. The average molecular weight is 416 g/mol. The predicted molar refractivity (Wildman–Crippen MR) is 103 cm³/mol. The van der Waals surface area contributed by atoms with Gasteiger partial charge in [-0.2, -0.15) is 0 Å². The Morgan fingerprint density at radius 1 is 1.15 bits per heavy atom. The van der Waals surface area contributed by atoms with Crippen LogP contribution in [0.3, 0.4) is 0 Å². The average Bonchev–Trinajstić information content (AvgIpc) is 2.62. The second kappa shape index (κ2) is 7.61. The Morgan fingerprint density at radius 3 is 2.54 bits per heavy atom. The molecule has 1 heterocycles. The van der Waals surface area contributed by atoms with Gasteiger partial charge in [0.05, 0.1) is 24.4 Å². The van der Waals surface area contributed by atoms with E-state index in [0.717, 1.165) is 10.0 Å². The molecule has 0 aliphatic carbocycles. The number of para-hydroxylation sites is 2. The molecule has 3 N–H and O–H groups in total. The van der Waals surface area contributed by atoms with Crippen molar-refractivity contribution in [1.29, 1.82) is 0 Å². The lowest BCUT2D eigenvalue weighted by Crippen LogP contribution is -2.45. The topological polar surface area (TPSA) is 79.5 Å². The predicted octanol–water partition coefficient (Wildman–Crippen LogP) is 3.72. The SMILES string of the molecule is COc1ccccc1NC(=O)C1=C(C)NC(=O)N[C@H]1c1ccc(Br)cc1. The Balaban J connectivity index is 1.95. The third-order valence-corrected chi connectivity index (χ3v) is 4.60. The molecule has 0 unspecified atom stereocenters. The molecular formula is C19H18BrN3O3. The molecular weight excluding hydrogens is 398 g/mol. The number of benzene rings is 2. The fraction of sp³-hybridized carbons (Fsp3) is 0.158. The number of amides is 3. The van der Waals surface area contributed by atoms with Gasteiger partial charge in [-0.25, -0.2) is 4.79 Å². The summed E-state index contributed by atoms with van der Waals surface area (Å²) in [7, 11) is 1.54. The van der Waals surface area contributed by atoms with Crippen molar-refractivity contribution >= 4 is 33.6 Å². The number of urea groups is 1. The number of hydrogen-bond acceptors (Lipinski definition) is 3. The zero-order valence-electron chi connectivity index (χ0n) is 14.3. The molecule has 1 aliphatic rings. The number of nitrogens with one attached hydrogen (secondary N) is 3. The fourth-order valence-corrected chi connectivity index (χ4v) is 3.10. The van der Waals surface area contributed by atoms with Gasteiger partial charge in [-0.1, -0.05) is 40.2 Å². The highest BCUT2D eigenvalue weighted by Gasteiger charge is 2.31. The van der Waals surface area contributed by atoms with E-state index in [9.17, 15) is 9.59 Å². The molecule has 3 rings (SSSR count). The van der Waals surface area contributed by atoms with Crippen molar-refractivity contribution in [2.75, 3.05) is 12.4 Å². The first-order valence-electron chi connectivity index (χ1n) is 7.97. The van der Waals surface area contributed by atoms with Crippen LogP contribution in [-0.2, 0) is 4.79 Å². The van der Waals surface area contributed by atoms with Crippen LogP contribution < -0.4 is 20.7 Å². The number of methoxy groups -OCH3 is 1. The summed E-state index contributed by atoms with van der Waals surface area (Å²) in [4.78, 5) is 24.9. The normalized spacial score (nSPS) is 16.6. The van der Waals surface area contributed by atoms with Gasteiger partial charge in [0.1, 0.15) is 5.75 Å². The number of anilines is 1. The van der Waals surface area contributed by atoms with E-state index in [4.69, 9.17) is 4.74 Å². The van der Waals surface area contributed by atoms with Gasteiger partial charge < -0.3 is 20.7 Å². The molecule has 3 amide bonds. The van der Waals surface area contributed by atoms with Crippen LogP contribution in [-0.4, -0.2) is 19.0 Å². The number of carbonyl (C=O) groups excluding carboxylic acids is 2. The maximum absolute atomic E-state index is 13.0. The number of rotatable bonds is 4. The maximum atomic E-state index is 13.0. The first-order valence-corrected chi connectivity index (χ1v) is 8.77. The number of carbonyl (C=O) groups is 2. The number of ether oxygens (including phenoxy) is 1.